The minimum Gasteiger partial charge on any atom is -0.344 e. The first kappa shape index (κ1) is 18.0. The normalized spacial score (nSPS) is 9.82. The Bertz CT molecular complexity index is 68.5. The van der Waals surface area contributed by atoms with Crippen LogP contribution >= 0.6 is 31.9 Å². The van der Waals surface area contributed by atoms with E-state index in [1.807, 2.05) is 0 Å². The molecule has 0 spiro atoms. The van der Waals surface area contributed by atoms with Gasteiger partial charge in [0.1, 0.15) is 0 Å². The number of rotatable bonds is 3. The summed E-state index contributed by atoms with van der Waals surface area (Å²) in [6, 6.07) is 0. The van der Waals surface area contributed by atoms with E-state index in [0.717, 1.165) is 11.3 Å². The second kappa shape index (κ2) is 9.21. The Balaban J connectivity index is -0.000000320. The third kappa shape index (κ3) is 7.48. The average Bonchev–Trinajstić information content (AvgIpc) is 1.64. The molecule has 0 unspecified atom stereocenters. The van der Waals surface area contributed by atoms with Gasteiger partial charge < -0.3 is 6.15 Å². The fourth-order valence-electron chi connectivity index (χ4n) is 1.33. The number of hydrogen-bond acceptors (Lipinski definition) is 1. The average molecular weight is 291 g/mol. The monoisotopic (exact) mass is 291 g/mol. The molecule has 0 heterocycles. The van der Waals surface area contributed by atoms with Crippen molar-refractivity contribution in [3.8, 4) is 0 Å². The van der Waals surface area contributed by atoms with Crippen LogP contribution in [0.1, 0.15) is 34.6 Å². The van der Waals surface area contributed by atoms with Crippen molar-refractivity contribution in [3.63, 3.8) is 0 Å². The van der Waals surface area contributed by atoms with Gasteiger partial charge >= 0.3 is 0 Å². The van der Waals surface area contributed by atoms with Crippen molar-refractivity contribution in [3.05, 3.63) is 0 Å². The Labute approximate surface area is 90.1 Å². The Morgan fingerprint density at radius 2 is 1.27 bits per heavy atom. The molecule has 0 aromatic heterocycles. The Morgan fingerprint density at radius 3 is 1.27 bits per heavy atom. The lowest BCUT2D eigenvalue weighted by Crippen LogP contribution is -2.04. The van der Waals surface area contributed by atoms with Gasteiger partial charge in [-0.2, -0.15) is 0 Å². The molecule has 0 aliphatic rings. The first-order chi connectivity index (χ1) is 4.09. The first-order valence-corrected chi connectivity index (χ1v) is 5.51. The maximum Gasteiger partial charge on any atom is -0.0264 e. The van der Waals surface area contributed by atoms with E-state index in [-0.39, 0.29) is 30.1 Å². The highest BCUT2D eigenvalue weighted by molar-refractivity contribution is 14.0. The molecule has 0 amide bonds. The van der Waals surface area contributed by atoms with Gasteiger partial charge in [-0.3, -0.25) is 0 Å². The minimum absolute atomic E-state index is 0. The van der Waals surface area contributed by atoms with E-state index in [1.165, 1.54) is 6.16 Å². The largest absolute Gasteiger partial charge is 0.344 e. The molecular formula is C8H23INP. The smallest absolute Gasteiger partial charge is 0.0264 e. The van der Waals surface area contributed by atoms with Crippen molar-refractivity contribution >= 4 is 31.9 Å². The van der Waals surface area contributed by atoms with E-state index < -0.39 is 0 Å². The molecule has 0 radical (unpaired) electrons. The summed E-state index contributed by atoms with van der Waals surface area (Å²) in [5, 5.41) is 0. The van der Waals surface area contributed by atoms with Crippen LogP contribution in [0.2, 0.25) is 0 Å². The molecule has 72 valence electrons. The van der Waals surface area contributed by atoms with Crippen molar-refractivity contribution in [2.24, 2.45) is 0 Å². The van der Waals surface area contributed by atoms with Gasteiger partial charge in [-0.1, -0.05) is 34.6 Å². The quantitative estimate of drug-likeness (QED) is 0.617. The van der Waals surface area contributed by atoms with E-state index in [2.05, 4.69) is 34.6 Å². The Kier molecular flexibility index (Phi) is 15.1. The molecule has 0 saturated carbocycles. The fourth-order valence-corrected chi connectivity index (χ4v) is 3.98. The maximum absolute atomic E-state index is 2.34. The predicted octanol–water partition coefficient (Wildman–Crippen LogP) is 4.09. The van der Waals surface area contributed by atoms with E-state index in [4.69, 9.17) is 0 Å². The van der Waals surface area contributed by atoms with Gasteiger partial charge in [0.05, 0.1) is 0 Å². The van der Waals surface area contributed by atoms with Crippen LogP contribution in [0, 0.1) is 0 Å². The van der Waals surface area contributed by atoms with Crippen molar-refractivity contribution in [1.82, 2.24) is 6.15 Å². The number of halogens is 1. The summed E-state index contributed by atoms with van der Waals surface area (Å²) in [5.41, 5.74) is 1.84. The summed E-state index contributed by atoms with van der Waals surface area (Å²) in [6.07, 6.45) is 1.39. The Morgan fingerprint density at radius 1 is 1.00 bits per heavy atom. The van der Waals surface area contributed by atoms with E-state index in [9.17, 15) is 0 Å². The Hall–Kier alpha value is 1.12. The third-order valence-corrected chi connectivity index (χ3v) is 5.08. The SMILES string of the molecule is CCP(C(C)C)C(C)C.I.N. The summed E-state index contributed by atoms with van der Waals surface area (Å²) in [6.45, 7) is 11.7. The standard InChI is InChI=1S/C8H19P.HI.H3N/c1-6-9(7(2)3)8(4)5;;/h7-8H,6H2,1-5H3;1H;1H3. The van der Waals surface area contributed by atoms with Crippen LogP contribution in [0.15, 0.2) is 0 Å². The van der Waals surface area contributed by atoms with Crippen LogP contribution < -0.4 is 6.15 Å². The van der Waals surface area contributed by atoms with Crippen LogP contribution in [0.5, 0.6) is 0 Å². The lowest BCUT2D eigenvalue weighted by atomic mass is 10.5. The molecule has 0 aliphatic heterocycles. The van der Waals surface area contributed by atoms with Gasteiger partial charge in [0, 0.05) is 0 Å². The van der Waals surface area contributed by atoms with Crippen LogP contribution in [0.3, 0.4) is 0 Å². The zero-order chi connectivity index (χ0) is 7.44. The molecular weight excluding hydrogens is 268 g/mol. The van der Waals surface area contributed by atoms with Crippen LogP contribution in [0.25, 0.3) is 0 Å². The molecule has 0 aliphatic carbocycles. The molecule has 0 aromatic rings. The summed E-state index contributed by atoms with van der Waals surface area (Å²) >= 11 is 0. The summed E-state index contributed by atoms with van der Waals surface area (Å²) in [4.78, 5) is 0. The molecule has 0 atom stereocenters. The molecule has 0 aromatic carbocycles. The topological polar surface area (TPSA) is 35.0 Å². The van der Waals surface area contributed by atoms with Crippen molar-refractivity contribution < 1.29 is 0 Å². The zero-order valence-electron chi connectivity index (χ0n) is 8.42. The second-order valence-electron chi connectivity index (χ2n) is 3.02. The zero-order valence-corrected chi connectivity index (χ0v) is 11.6. The summed E-state index contributed by atoms with van der Waals surface area (Å²) < 4.78 is 0. The highest BCUT2D eigenvalue weighted by atomic mass is 127. The van der Waals surface area contributed by atoms with Gasteiger partial charge in [0.25, 0.3) is 0 Å². The molecule has 0 saturated heterocycles. The highest BCUT2D eigenvalue weighted by Gasteiger charge is 2.12. The van der Waals surface area contributed by atoms with Gasteiger partial charge in [-0.05, 0) is 17.5 Å². The second-order valence-corrected chi connectivity index (χ2v) is 6.74. The lowest BCUT2D eigenvalue weighted by molar-refractivity contribution is 1.00. The van der Waals surface area contributed by atoms with Gasteiger partial charge in [0.2, 0.25) is 0 Å². The fraction of sp³-hybridized carbons (Fsp3) is 1.00. The lowest BCUT2D eigenvalue weighted by Gasteiger charge is -2.23. The van der Waals surface area contributed by atoms with Gasteiger partial charge in [-0.25, -0.2) is 0 Å². The molecule has 0 fully saturated rings. The van der Waals surface area contributed by atoms with Gasteiger partial charge in [-0.15, -0.1) is 31.9 Å². The minimum atomic E-state index is 0. The molecule has 3 N–H and O–H groups in total. The predicted molar refractivity (Wildman–Crippen MR) is 68.2 cm³/mol. The highest BCUT2D eigenvalue weighted by Crippen LogP contribution is 2.44. The van der Waals surface area contributed by atoms with Crippen LogP contribution in [0.4, 0.5) is 0 Å². The summed E-state index contributed by atoms with van der Waals surface area (Å²) in [7, 11) is 0.324. The third-order valence-electron chi connectivity index (χ3n) is 1.69. The van der Waals surface area contributed by atoms with E-state index in [0.29, 0.717) is 7.92 Å². The summed E-state index contributed by atoms with van der Waals surface area (Å²) in [5.74, 6) is 0. The van der Waals surface area contributed by atoms with Gasteiger partial charge in [0.15, 0.2) is 0 Å². The van der Waals surface area contributed by atoms with Crippen molar-refractivity contribution in [2.45, 2.75) is 45.9 Å². The molecule has 3 heteroatoms. The van der Waals surface area contributed by atoms with Crippen molar-refractivity contribution in [1.29, 1.82) is 0 Å². The van der Waals surface area contributed by atoms with Crippen molar-refractivity contribution in [2.75, 3.05) is 6.16 Å². The molecule has 0 bridgehead atoms. The van der Waals surface area contributed by atoms with Crippen LogP contribution in [-0.4, -0.2) is 17.5 Å². The van der Waals surface area contributed by atoms with Crippen LogP contribution in [-0.2, 0) is 0 Å². The number of hydrogen-bond donors (Lipinski definition) is 1. The van der Waals surface area contributed by atoms with E-state index >= 15 is 0 Å². The van der Waals surface area contributed by atoms with E-state index in [1.54, 1.807) is 0 Å². The maximum atomic E-state index is 2.34. The molecule has 1 nitrogen and oxygen atoms in total. The first-order valence-electron chi connectivity index (χ1n) is 3.85. The molecule has 11 heavy (non-hydrogen) atoms. The molecule has 0 rings (SSSR count).